The number of hydrogen-bond acceptors (Lipinski definition) is 3. The number of carboxylic acids is 1. The van der Waals surface area contributed by atoms with Gasteiger partial charge in [0.05, 0.1) is 0 Å². The zero-order valence-electron chi connectivity index (χ0n) is 8.02. The maximum Gasteiger partial charge on any atom is 0.328 e. The lowest BCUT2D eigenvalue weighted by Gasteiger charge is -2.09. The number of amides is 1. The summed E-state index contributed by atoms with van der Waals surface area (Å²) in [5, 5.41) is 10.7. The summed E-state index contributed by atoms with van der Waals surface area (Å²) in [6, 6.07) is -0.230. The molecule has 80 valence electrons. The van der Waals surface area contributed by atoms with Gasteiger partial charge >= 0.3 is 5.97 Å². The van der Waals surface area contributed by atoms with Crippen LogP contribution in [-0.2, 0) is 20.4 Å². The van der Waals surface area contributed by atoms with Crippen molar-refractivity contribution in [1.82, 2.24) is 5.32 Å². The lowest BCUT2D eigenvalue weighted by molar-refractivity contribution is -0.131. The Kier molecular flexibility index (Phi) is 5.78. The molecule has 0 aromatic heterocycles. The minimum atomic E-state index is -1.17. The van der Waals surface area contributed by atoms with E-state index in [0.717, 1.165) is 12.2 Å². The van der Waals surface area contributed by atoms with Crippen LogP contribution in [0.4, 0.5) is 0 Å². The van der Waals surface area contributed by atoms with Gasteiger partial charge in [-0.15, -0.1) is 0 Å². The van der Waals surface area contributed by atoms with Gasteiger partial charge in [-0.25, -0.2) is 4.79 Å². The van der Waals surface area contributed by atoms with E-state index in [1.54, 1.807) is 6.92 Å². The quantitative estimate of drug-likeness (QED) is 0.611. The van der Waals surface area contributed by atoms with Gasteiger partial charge in [0.25, 0.3) is 0 Å². The van der Waals surface area contributed by atoms with E-state index >= 15 is 0 Å². The fourth-order valence-corrected chi connectivity index (χ4v) is 1.62. The highest BCUT2D eigenvalue weighted by atomic mass is 32.2. The summed E-state index contributed by atoms with van der Waals surface area (Å²) in [7, 11) is -0.980. The Labute approximate surface area is 84.6 Å². The standard InChI is InChI=1S/C8H13NO4S/c1-6(5-14(2)13)9-7(10)3-4-8(11)12/h3-4,6H,5H2,1-2H3,(H,9,10)(H,11,12)/b4-3+. The average molecular weight is 219 g/mol. The van der Waals surface area contributed by atoms with Gasteiger partial charge in [-0.05, 0) is 6.92 Å². The van der Waals surface area contributed by atoms with E-state index in [2.05, 4.69) is 5.32 Å². The summed E-state index contributed by atoms with van der Waals surface area (Å²) in [4.78, 5) is 21.0. The lowest BCUT2D eigenvalue weighted by Crippen LogP contribution is -2.35. The molecule has 0 aliphatic heterocycles. The van der Waals surface area contributed by atoms with Crippen molar-refractivity contribution in [1.29, 1.82) is 0 Å². The molecular weight excluding hydrogens is 206 g/mol. The number of carbonyl (C=O) groups excluding carboxylic acids is 1. The summed E-state index contributed by atoms with van der Waals surface area (Å²) in [5.41, 5.74) is 0. The lowest BCUT2D eigenvalue weighted by atomic mass is 10.3. The molecule has 0 bridgehead atoms. The first-order valence-electron chi connectivity index (χ1n) is 3.93. The summed E-state index contributed by atoms with van der Waals surface area (Å²) >= 11 is 0. The van der Waals surface area contributed by atoms with Crippen LogP contribution in [0.25, 0.3) is 0 Å². The second-order valence-corrected chi connectivity index (χ2v) is 4.30. The minimum absolute atomic E-state index is 0.230. The number of carbonyl (C=O) groups is 2. The second kappa shape index (κ2) is 6.31. The molecule has 0 aromatic carbocycles. The second-order valence-electron chi connectivity index (χ2n) is 2.82. The van der Waals surface area contributed by atoms with Crippen molar-refractivity contribution in [3.63, 3.8) is 0 Å². The Morgan fingerprint density at radius 2 is 2.07 bits per heavy atom. The molecule has 2 unspecified atom stereocenters. The van der Waals surface area contributed by atoms with Crippen molar-refractivity contribution in [2.24, 2.45) is 0 Å². The van der Waals surface area contributed by atoms with E-state index in [9.17, 15) is 13.8 Å². The van der Waals surface area contributed by atoms with Crippen LogP contribution in [-0.4, -0.2) is 39.2 Å². The van der Waals surface area contributed by atoms with E-state index in [4.69, 9.17) is 5.11 Å². The first-order chi connectivity index (χ1) is 6.41. The highest BCUT2D eigenvalue weighted by Crippen LogP contribution is 1.86. The molecule has 14 heavy (non-hydrogen) atoms. The number of rotatable bonds is 5. The van der Waals surface area contributed by atoms with E-state index < -0.39 is 22.7 Å². The SMILES string of the molecule is CC(CS(C)=O)NC(=O)/C=C/C(=O)O. The van der Waals surface area contributed by atoms with Gasteiger partial charge in [-0.3, -0.25) is 9.00 Å². The van der Waals surface area contributed by atoms with Crippen molar-refractivity contribution < 1.29 is 18.9 Å². The number of aliphatic carboxylic acids is 1. The first kappa shape index (κ1) is 12.8. The molecule has 0 aliphatic rings. The Balaban J connectivity index is 3.94. The zero-order valence-corrected chi connectivity index (χ0v) is 8.84. The molecule has 0 radical (unpaired) electrons. The summed E-state index contributed by atoms with van der Waals surface area (Å²) < 4.78 is 10.7. The number of carboxylic acid groups (broad SMARTS) is 1. The van der Waals surface area contributed by atoms with Crippen molar-refractivity contribution in [2.75, 3.05) is 12.0 Å². The highest BCUT2D eigenvalue weighted by molar-refractivity contribution is 7.84. The molecule has 0 saturated heterocycles. The van der Waals surface area contributed by atoms with E-state index in [1.165, 1.54) is 6.26 Å². The Morgan fingerprint density at radius 3 is 2.50 bits per heavy atom. The van der Waals surface area contributed by atoms with Crippen LogP contribution in [0.1, 0.15) is 6.92 Å². The minimum Gasteiger partial charge on any atom is -0.478 e. The normalized spacial score (nSPS) is 15.0. The van der Waals surface area contributed by atoms with Gasteiger partial charge in [0, 0.05) is 41.0 Å². The zero-order chi connectivity index (χ0) is 11.1. The number of nitrogens with one attached hydrogen (secondary N) is 1. The van der Waals surface area contributed by atoms with Crippen LogP contribution in [0.2, 0.25) is 0 Å². The molecule has 5 nitrogen and oxygen atoms in total. The van der Waals surface area contributed by atoms with Gasteiger partial charge in [-0.2, -0.15) is 0 Å². The number of hydrogen-bond donors (Lipinski definition) is 2. The van der Waals surface area contributed by atoms with Crippen LogP contribution < -0.4 is 5.32 Å². The maximum absolute atomic E-state index is 11.0. The molecule has 2 atom stereocenters. The maximum atomic E-state index is 11.0. The molecule has 0 fully saturated rings. The largest absolute Gasteiger partial charge is 0.478 e. The van der Waals surface area contributed by atoms with Crippen molar-refractivity contribution in [2.45, 2.75) is 13.0 Å². The molecular formula is C8H13NO4S. The molecule has 0 aliphatic carbocycles. The summed E-state index contributed by atoms with van der Waals surface area (Å²) in [6.45, 7) is 1.70. The third-order valence-electron chi connectivity index (χ3n) is 1.25. The molecule has 0 aromatic rings. The fraction of sp³-hybridized carbons (Fsp3) is 0.500. The van der Waals surface area contributed by atoms with E-state index in [0.29, 0.717) is 5.75 Å². The molecule has 0 spiro atoms. The van der Waals surface area contributed by atoms with Gasteiger partial charge in [-0.1, -0.05) is 0 Å². The molecule has 0 heterocycles. The van der Waals surface area contributed by atoms with Gasteiger partial charge in [0.1, 0.15) is 0 Å². The molecule has 0 rings (SSSR count). The van der Waals surface area contributed by atoms with Gasteiger partial charge in [0.2, 0.25) is 5.91 Å². The molecule has 1 amide bonds. The first-order valence-corrected chi connectivity index (χ1v) is 5.66. The average Bonchev–Trinajstić information content (AvgIpc) is 1.98. The topological polar surface area (TPSA) is 83.5 Å². The predicted octanol–water partition coefficient (Wildman–Crippen LogP) is -0.490. The van der Waals surface area contributed by atoms with Crippen molar-refractivity contribution in [3.8, 4) is 0 Å². The smallest absolute Gasteiger partial charge is 0.328 e. The third kappa shape index (κ3) is 7.48. The van der Waals surface area contributed by atoms with Crippen molar-refractivity contribution >= 4 is 22.7 Å². The van der Waals surface area contributed by atoms with Crippen LogP contribution >= 0.6 is 0 Å². The molecule has 2 N–H and O–H groups in total. The predicted molar refractivity (Wildman–Crippen MR) is 53.3 cm³/mol. The van der Waals surface area contributed by atoms with Crippen LogP contribution in [0.3, 0.4) is 0 Å². The van der Waals surface area contributed by atoms with Gasteiger partial charge in [0.15, 0.2) is 0 Å². The fourth-order valence-electron chi connectivity index (χ4n) is 0.832. The van der Waals surface area contributed by atoms with Crippen LogP contribution in [0, 0.1) is 0 Å². The third-order valence-corrected chi connectivity index (χ3v) is 2.22. The summed E-state index contributed by atoms with van der Waals surface area (Å²) in [5.74, 6) is -1.32. The molecule has 0 saturated carbocycles. The molecule has 6 heteroatoms. The summed E-state index contributed by atoms with van der Waals surface area (Å²) in [6.07, 6.45) is 3.22. The monoisotopic (exact) mass is 219 g/mol. The Morgan fingerprint density at radius 1 is 1.50 bits per heavy atom. The van der Waals surface area contributed by atoms with E-state index in [-0.39, 0.29) is 6.04 Å². The Bertz CT molecular complexity index is 275. The highest BCUT2D eigenvalue weighted by Gasteiger charge is 2.06. The van der Waals surface area contributed by atoms with Crippen molar-refractivity contribution in [3.05, 3.63) is 12.2 Å². The Hall–Kier alpha value is -1.17. The van der Waals surface area contributed by atoms with Gasteiger partial charge < -0.3 is 10.4 Å². The van der Waals surface area contributed by atoms with E-state index in [1.807, 2.05) is 0 Å². The van der Waals surface area contributed by atoms with Crippen LogP contribution in [0.5, 0.6) is 0 Å². The van der Waals surface area contributed by atoms with Crippen LogP contribution in [0.15, 0.2) is 12.2 Å².